The minimum Gasteiger partial charge on any atom is -0.496 e. The second-order valence-electron chi connectivity index (χ2n) is 6.02. The third kappa shape index (κ3) is 3.42. The number of ether oxygens (including phenoxy) is 2. The Balaban J connectivity index is 2.09. The van der Waals surface area contributed by atoms with Gasteiger partial charge in [-0.05, 0) is 37.0 Å². The average molecular weight is 307 g/mol. The van der Waals surface area contributed by atoms with Gasteiger partial charge >= 0.3 is 0 Å². The number of rotatable bonds is 5. The van der Waals surface area contributed by atoms with Gasteiger partial charge in [-0.2, -0.15) is 0 Å². The molecule has 1 fully saturated rings. The van der Waals surface area contributed by atoms with Crippen molar-refractivity contribution in [2.24, 2.45) is 5.41 Å². The summed E-state index contributed by atoms with van der Waals surface area (Å²) in [5.41, 5.74) is 1.41. The highest BCUT2D eigenvalue weighted by molar-refractivity contribution is 5.82. The summed E-state index contributed by atoms with van der Waals surface area (Å²) in [4.78, 5) is 14.4. The number of amides is 1. The Morgan fingerprint density at radius 2 is 2.09 bits per heavy atom. The summed E-state index contributed by atoms with van der Waals surface area (Å²) < 4.78 is 10.6. The van der Waals surface area contributed by atoms with Gasteiger partial charge in [-0.1, -0.05) is 12.1 Å². The van der Waals surface area contributed by atoms with Gasteiger partial charge < -0.3 is 19.5 Å². The maximum absolute atomic E-state index is 12.7. The molecule has 122 valence electrons. The Bertz CT molecular complexity index is 523. The smallest absolute Gasteiger partial charge is 0.231 e. The van der Waals surface area contributed by atoms with Crippen LogP contribution < -0.4 is 4.74 Å². The number of methoxy groups -OCH3 is 1. The predicted octanol–water partition coefficient (Wildman–Crippen LogP) is 1.75. The van der Waals surface area contributed by atoms with E-state index in [0.29, 0.717) is 32.6 Å². The highest BCUT2D eigenvalue weighted by Crippen LogP contribution is 2.32. The first-order chi connectivity index (χ1) is 10.5. The Hall–Kier alpha value is -1.59. The van der Waals surface area contributed by atoms with Crippen molar-refractivity contribution in [3.05, 3.63) is 29.3 Å². The molecule has 0 bridgehead atoms. The van der Waals surface area contributed by atoms with E-state index in [1.807, 2.05) is 25.1 Å². The average Bonchev–Trinajstić information content (AvgIpc) is 2.55. The van der Waals surface area contributed by atoms with E-state index in [1.165, 1.54) is 0 Å². The molecule has 0 atom stereocenters. The number of aliphatic hydroxyl groups is 1. The van der Waals surface area contributed by atoms with Gasteiger partial charge in [0.25, 0.3) is 0 Å². The molecule has 0 aromatic heterocycles. The lowest BCUT2D eigenvalue weighted by Crippen LogP contribution is -2.47. The number of aryl methyl sites for hydroxylation is 1. The van der Waals surface area contributed by atoms with Crippen LogP contribution in [0.15, 0.2) is 18.2 Å². The van der Waals surface area contributed by atoms with E-state index in [9.17, 15) is 9.90 Å². The normalized spacial score (nSPS) is 17.1. The van der Waals surface area contributed by atoms with E-state index in [4.69, 9.17) is 9.47 Å². The molecule has 2 rings (SSSR count). The summed E-state index contributed by atoms with van der Waals surface area (Å²) in [7, 11) is 3.43. The first-order valence-electron chi connectivity index (χ1n) is 7.60. The summed E-state index contributed by atoms with van der Waals surface area (Å²) in [6, 6.07) is 5.91. The summed E-state index contributed by atoms with van der Waals surface area (Å²) in [5, 5.41) is 9.72. The molecule has 1 amide bonds. The van der Waals surface area contributed by atoms with Crippen LogP contribution in [-0.4, -0.2) is 49.9 Å². The molecule has 22 heavy (non-hydrogen) atoms. The maximum atomic E-state index is 12.7. The zero-order valence-electron chi connectivity index (χ0n) is 13.6. The molecular formula is C17H25NO4. The number of carbonyl (C=O) groups excluding carboxylic acids is 1. The molecule has 1 aliphatic rings. The van der Waals surface area contributed by atoms with Gasteiger partial charge in [0, 0.05) is 26.8 Å². The highest BCUT2D eigenvalue weighted by atomic mass is 16.5. The zero-order valence-corrected chi connectivity index (χ0v) is 13.6. The van der Waals surface area contributed by atoms with Crippen molar-refractivity contribution in [3.8, 4) is 5.75 Å². The van der Waals surface area contributed by atoms with Crippen LogP contribution in [0.1, 0.15) is 24.0 Å². The highest BCUT2D eigenvalue weighted by Gasteiger charge is 2.41. The Kier molecular flexibility index (Phi) is 5.42. The molecule has 0 saturated carbocycles. The fraction of sp³-hybridized carbons (Fsp3) is 0.588. The minimum absolute atomic E-state index is 0.00762. The lowest BCUT2D eigenvalue weighted by molar-refractivity contribution is -0.150. The molecule has 1 aliphatic heterocycles. The van der Waals surface area contributed by atoms with Crippen LogP contribution in [-0.2, 0) is 16.1 Å². The molecule has 1 heterocycles. The van der Waals surface area contributed by atoms with Gasteiger partial charge in [0.15, 0.2) is 0 Å². The quantitative estimate of drug-likeness (QED) is 0.900. The van der Waals surface area contributed by atoms with Crippen LogP contribution in [0.2, 0.25) is 0 Å². The molecular weight excluding hydrogens is 282 g/mol. The fourth-order valence-corrected chi connectivity index (χ4v) is 2.99. The predicted molar refractivity (Wildman–Crippen MR) is 83.8 cm³/mol. The first kappa shape index (κ1) is 16.8. The molecule has 0 unspecified atom stereocenters. The Morgan fingerprint density at radius 1 is 1.41 bits per heavy atom. The third-order valence-corrected chi connectivity index (χ3v) is 4.43. The van der Waals surface area contributed by atoms with E-state index >= 15 is 0 Å². The molecule has 0 aliphatic carbocycles. The van der Waals surface area contributed by atoms with E-state index in [2.05, 4.69) is 0 Å². The SMILES string of the molecule is COc1ccc(CN(C)C(=O)C2(CO)CCOCC2)cc1C. The van der Waals surface area contributed by atoms with Crippen LogP contribution >= 0.6 is 0 Å². The zero-order chi connectivity index (χ0) is 16.2. The number of benzene rings is 1. The number of hydrogen-bond donors (Lipinski definition) is 1. The number of nitrogens with zero attached hydrogens (tertiary/aromatic N) is 1. The van der Waals surface area contributed by atoms with Crippen molar-refractivity contribution in [1.82, 2.24) is 4.90 Å². The standard InChI is InChI=1S/C17H25NO4/c1-13-10-14(4-5-15(13)21-3)11-18(2)16(20)17(12-19)6-8-22-9-7-17/h4-5,10,19H,6-9,11-12H2,1-3H3. The van der Waals surface area contributed by atoms with Crippen LogP contribution in [0, 0.1) is 12.3 Å². The topological polar surface area (TPSA) is 59.0 Å². The monoisotopic (exact) mass is 307 g/mol. The van der Waals surface area contributed by atoms with E-state index < -0.39 is 5.41 Å². The van der Waals surface area contributed by atoms with Gasteiger partial charge in [-0.3, -0.25) is 4.79 Å². The lowest BCUT2D eigenvalue weighted by Gasteiger charge is -2.37. The van der Waals surface area contributed by atoms with Gasteiger partial charge in [0.2, 0.25) is 5.91 Å². The van der Waals surface area contributed by atoms with Gasteiger partial charge in [-0.15, -0.1) is 0 Å². The second-order valence-corrected chi connectivity index (χ2v) is 6.02. The summed E-state index contributed by atoms with van der Waals surface area (Å²) in [6.45, 7) is 3.44. The second kappa shape index (κ2) is 7.11. The van der Waals surface area contributed by atoms with Crippen LogP contribution in [0.25, 0.3) is 0 Å². The number of aliphatic hydroxyl groups excluding tert-OH is 1. The molecule has 0 spiro atoms. The molecule has 5 nitrogen and oxygen atoms in total. The lowest BCUT2D eigenvalue weighted by atomic mass is 9.79. The molecule has 1 aromatic rings. The maximum Gasteiger partial charge on any atom is 0.231 e. The van der Waals surface area contributed by atoms with Gasteiger partial charge in [0.1, 0.15) is 5.75 Å². The van der Waals surface area contributed by atoms with Crippen molar-refractivity contribution in [3.63, 3.8) is 0 Å². The summed E-state index contributed by atoms with van der Waals surface area (Å²) in [5.74, 6) is 0.834. The number of carbonyl (C=O) groups is 1. The van der Waals surface area contributed by atoms with Crippen LogP contribution in [0.5, 0.6) is 5.75 Å². The summed E-state index contributed by atoms with van der Waals surface area (Å²) >= 11 is 0. The Morgan fingerprint density at radius 3 is 2.64 bits per heavy atom. The van der Waals surface area contributed by atoms with Crippen molar-refractivity contribution >= 4 is 5.91 Å². The van der Waals surface area contributed by atoms with Crippen molar-refractivity contribution in [2.75, 3.05) is 34.0 Å². The fourth-order valence-electron chi connectivity index (χ4n) is 2.99. The van der Waals surface area contributed by atoms with Gasteiger partial charge in [-0.25, -0.2) is 0 Å². The molecule has 5 heteroatoms. The van der Waals surface area contributed by atoms with Crippen molar-refractivity contribution in [1.29, 1.82) is 0 Å². The van der Waals surface area contributed by atoms with Gasteiger partial charge in [0.05, 0.1) is 19.1 Å². The minimum atomic E-state index is -0.686. The molecule has 0 radical (unpaired) electrons. The molecule has 1 aromatic carbocycles. The Labute approximate surface area is 131 Å². The van der Waals surface area contributed by atoms with Crippen LogP contribution in [0.4, 0.5) is 0 Å². The van der Waals surface area contributed by atoms with E-state index in [1.54, 1.807) is 19.1 Å². The summed E-state index contributed by atoms with van der Waals surface area (Å²) in [6.07, 6.45) is 1.16. The molecule has 1 N–H and O–H groups in total. The largest absolute Gasteiger partial charge is 0.496 e. The van der Waals surface area contributed by atoms with Crippen LogP contribution in [0.3, 0.4) is 0 Å². The van der Waals surface area contributed by atoms with Crippen molar-refractivity contribution in [2.45, 2.75) is 26.3 Å². The molecule has 1 saturated heterocycles. The first-order valence-corrected chi connectivity index (χ1v) is 7.60. The van der Waals surface area contributed by atoms with E-state index in [0.717, 1.165) is 16.9 Å². The number of hydrogen-bond acceptors (Lipinski definition) is 4. The third-order valence-electron chi connectivity index (χ3n) is 4.43. The van der Waals surface area contributed by atoms with E-state index in [-0.39, 0.29) is 12.5 Å². The van der Waals surface area contributed by atoms with Crippen molar-refractivity contribution < 1.29 is 19.4 Å².